The number of aryl methyl sites for hydroxylation is 1. The van der Waals surface area contributed by atoms with Gasteiger partial charge in [0.2, 0.25) is 5.91 Å². The van der Waals surface area contributed by atoms with Gasteiger partial charge in [0.15, 0.2) is 5.65 Å². The van der Waals surface area contributed by atoms with Crippen molar-refractivity contribution in [3.8, 4) is 17.0 Å². The first kappa shape index (κ1) is 17.9. The molecule has 0 aliphatic carbocycles. The normalized spacial score (nSPS) is 11.7. The van der Waals surface area contributed by atoms with Gasteiger partial charge in [0.25, 0.3) is 0 Å². The molecule has 0 fully saturated rings. The molecule has 0 atom stereocenters. The molecule has 0 saturated carbocycles. The van der Waals surface area contributed by atoms with Gasteiger partial charge in [-0.15, -0.1) is 0 Å². The lowest BCUT2D eigenvalue weighted by molar-refractivity contribution is -0.124. The van der Waals surface area contributed by atoms with Crippen LogP contribution >= 0.6 is 0 Å². The first-order valence-corrected chi connectivity index (χ1v) is 8.78. The van der Waals surface area contributed by atoms with E-state index in [-0.39, 0.29) is 5.91 Å². The summed E-state index contributed by atoms with van der Waals surface area (Å²) in [6.07, 6.45) is 1.15. The van der Waals surface area contributed by atoms with Crippen molar-refractivity contribution >= 4 is 11.6 Å². The third kappa shape index (κ3) is 2.71. The summed E-state index contributed by atoms with van der Waals surface area (Å²) in [6.45, 7) is 5.86. The molecular weight excluding hydrogens is 328 g/mol. The maximum Gasteiger partial charge on any atom is 0.229 e. The number of benzene rings is 1. The number of ether oxygens (including phenoxy) is 1. The summed E-state index contributed by atoms with van der Waals surface area (Å²) in [5, 5.41) is 4.62. The van der Waals surface area contributed by atoms with Crippen molar-refractivity contribution in [2.45, 2.75) is 39.0 Å². The van der Waals surface area contributed by atoms with Crippen LogP contribution in [0.5, 0.6) is 5.75 Å². The Morgan fingerprint density at radius 1 is 1.15 bits per heavy atom. The number of amides is 1. The van der Waals surface area contributed by atoms with Crippen LogP contribution < -0.4 is 10.5 Å². The monoisotopic (exact) mass is 352 g/mol. The molecule has 1 aromatic carbocycles. The first-order valence-electron chi connectivity index (χ1n) is 8.78. The molecule has 0 bridgehead atoms. The van der Waals surface area contributed by atoms with Gasteiger partial charge in [0.1, 0.15) is 5.75 Å². The quantitative estimate of drug-likeness (QED) is 0.738. The fourth-order valence-electron chi connectivity index (χ4n) is 3.45. The minimum absolute atomic E-state index is 0.359. The van der Waals surface area contributed by atoms with E-state index in [4.69, 9.17) is 15.5 Å². The van der Waals surface area contributed by atoms with Gasteiger partial charge in [-0.1, -0.05) is 13.8 Å². The summed E-state index contributed by atoms with van der Waals surface area (Å²) in [4.78, 5) is 17.3. The number of nitrogens with two attached hydrogens (primary N) is 1. The topological polar surface area (TPSA) is 82.5 Å². The van der Waals surface area contributed by atoms with Gasteiger partial charge in [-0.05, 0) is 56.2 Å². The van der Waals surface area contributed by atoms with Crippen molar-refractivity contribution in [1.82, 2.24) is 14.6 Å². The van der Waals surface area contributed by atoms with Gasteiger partial charge in [-0.25, -0.2) is 9.50 Å². The maximum atomic E-state index is 12.5. The second kappa shape index (κ2) is 6.78. The summed E-state index contributed by atoms with van der Waals surface area (Å²) in [5.41, 5.74) is 8.97. The van der Waals surface area contributed by atoms with E-state index in [1.165, 1.54) is 0 Å². The lowest BCUT2D eigenvalue weighted by Gasteiger charge is -2.28. The van der Waals surface area contributed by atoms with E-state index >= 15 is 0 Å². The number of hydrogen-bond donors (Lipinski definition) is 1. The minimum Gasteiger partial charge on any atom is -0.497 e. The van der Waals surface area contributed by atoms with Crippen molar-refractivity contribution < 1.29 is 9.53 Å². The number of primary amides is 1. The summed E-state index contributed by atoms with van der Waals surface area (Å²) in [5.74, 6) is 0.405. The van der Waals surface area contributed by atoms with Crippen LogP contribution in [0, 0.1) is 6.92 Å². The average molecular weight is 352 g/mol. The number of methoxy groups -OCH3 is 1. The van der Waals surface area contributed by atoms with E-state index in [2.05, 4.69) is 5.10 Å². The van der Waals surface area contributed by atoms with E-state index in [9.17, 15) is 4.79 Å². The Balaban J connectivity index is 2.37. The molecule has 3 rings (SSSR count). The highest BCUT2D eigenvalue weighted by Crippen LogP contribution is 2.38. The zero-order valence-corrected chi connectivity index (χ0v) is 15.6. The Kier molecular flexibility index (Phi) is 4.68. The number of fused-ring (bicyclic) bond motifs is 1. The van der Waals surface area contributed by atoms with Gasteiger partial charge in [-0.2, -0.15) is 5.10 Å². The molecule has 2 heterocycles. The third-order valence-electron chi connectivity index (χ3n) is 5.11. The fourth-order valence-corrected chi connectivity index (χ4v) is 3.45. The predicted octanol–water partition coefficient (Wildman–Crippen LogP) is 3.26. The van der Waals surface area contributed by atoms with Crippen LogP contribution in [-0.4, -0.2) is 27.6 Å². The molecule has 0 unspecified atom stereocenters. The molecule has 1 amide bonds. The number of carbonyl (C=O) groups is 1. The molecule has 0 saturated heterocycles. The summed E-state index contributed by atoms with van der Waals surface area (Å²) in [7, 11) is 1.63. The third-order valence-corrected chi connectivity index (χ3v) is 5.11. The Hall–Kier alpha value is -2.89. The van der Waals surface area contributed by atoms with E-state index in [1.807, 2.05) is 57.2 Å². The number of hydrogen-bond acceptors (Lipinski definition) is 4. The number of aromatic nitrogens is 3. The number of carbonyl (C=O) groups excluding carboxylic acids is 1. The van der Waals surface area contributed by atoms with Gasteiger partial charge in [0.05, 0.1) is 29.6 Å². The molecule has 0 aliphatic heterocycles. The second-order valence-corrected chi connectivity index (χ2v) is 6.44. The SMILES string of the molecule is CCC(CC)(C(N)=O)c1c(-c2ccc(OC)cc2)nc2ccc(C)nn12. The minimum atomic E-state index is -0.838. The Bertz CT molecular complexity index is 940. The summed E-state index contributed by atoms with van der Waals surface area (Å²) >= 11 is 0. The fraction of sp³-hybridized carbons (Fsp3) is 0.350. The second-order valence-electron chi connectivity index (χ2n) is 6.44. The van der Waals surface area contributed by atoms with Crippen molar-refractivity contribution in [3.63, 3.8) is 0 Å². The molecular formula is C20H24N4O2. The number of rotatable bonds is 6. The van der Waals surface area contributed by atoms with Crippen molar-refractivity contribution in [1.29, 1.82) is 0 Å². The summed E-state index contributed by atoms with van der Waals surface area (Å²) < 4.78 is 7.02. The van der Waals surface area contributed by atoms with E-state index in [0.717, 1.165) is 28.4 Å². The van der Waals surface area contributed by atoms with Crippen LogP contribution in [0.2, 0.25) is 0 Å². The van der Waals surface area contributed by atoms with Gasteiger partial charge < -0.3 is 10.5 Å². The molecule has 0 aliphatic rings. The van der Waals surface area contributed by atoms with Crippen LogP contribution in [-0.2, 0) is 10.2 Å². The molecule has 0 radical (unpaired) electrons. The summed E-state index contributed by atoms with van der Waals surface area (Å²) in [6, 6.07) is 11.5. The van der Waals surface area contributed by atoms with Crippen LogP contribution in [0.25, 0.3) is 16.9 Å². The molecule has 2 aromatic heterocycles. The zero-order valence-electron chi connectivity index (χ0n) is 15.6. The molecule has 136 valence electrons. The van der Waals surface area contributed by atoms with Crippen molar-refractivity contribution in [3.05, 3.63) is 47.8 Å². The molecule has 0 spiro atoms. The Morgan fingerprint density at radius 2 is 1.81 bits per heavy atom. The highest BCUT2D eigenvalue weighted by molar-refractivity contribution is 5.89. The lowest BCUT2D eigenvalue weighted by Crippen LogP contribution is -2.42. The lowest BCUT2D eigenvalue weighted by atomic mass is 9.77. The van der Waals surface area contributed by atoms with Crippen molar-refractivity contribution in [2.75, 3.05) is 7.11 Å². The van der Waals surface area contributed by atoms with Gasteiger partial charge in [-0.3, -0.25) is 4.79 Å². The Labute approximate surface area is 153 Å². The number of imidazole rings is 1. The van der Waals surface area contributed by atoms with Gasteiger partial charge in [0, 0.05) is 5.56 Å². The van der Waals surface area contributed by atoms with Crippen LogP contribution in [0.15, 0.2) is 36.4 Å². The molecule has 3 aromatic rings. The van der Waals surface area contributed by atoms with Crippen LogP contribution in [0.3, 0.4) is 0 Å². The van der Waals surface area contributed by atoms with E-state index in [1.54, 1.807) is 11.6 Å². The van der Waals surface area contributed by atoms with Crippen LogP contribution in [0.1, 0.15) is 38.1 Å². The smallest absolute Gasteiger partial charge is 0.229 e. The largest absolute Gasteiger partial charge is 0.497 e. The van der Waals surface area contributed by atoms with E-state index in [0.29, 0.717) is 18.5 Å². The highest BCUT2D eigenvalue weighted by atomic mass is 16.5. The molecule has 6 nitrogen and oxygen atoms in total. The highest BCUT2D eigenvalue weighted by Gasteiger charge is 2.41. The molecule has 2 N–H and O–H groups in total. The standard InChI is InChI=1S/C20H24N4O2/c1-5-20(6-2,19(21)25)18-17(14-8-10-15(26-4)11-9-14)22-16-12-7-13(3)23-24(16)18/h7-12H,5-6H2,1-4H3,(H2,21,25). The van der Waals surface area contributed by atoms with Crippen molar-refractivity contribution in [2.24, 2.45) is 5.73 Å². The predicted molar refractivity (Wildman–Crippen MR) is 101 cm³/mol. The Morgan fingerprint density at radius 3 is 2.35 bits per heavy atom. The zero-order chi connectivity index (χ0) is 18.9. The number of nitrogens with zero attached hydrogens (tertiary/aromatic N) is 3. The molecule has 6 heteroatoms. The van der Waals surface area contributed by atoms with E-state index < -0.39 is 5.41 Å². The van der Waals surface area contributed by atoms with Crippen LogP contribution in [0.4, 0.5) is 0 Å². The average Bonchev–Trinajstić information content (AvgIpc) is 3.02. The first-order chi connectivity index (χ1) is 12.5. The molecule has 26 heavy (non-hydrogen) atoms. The maximum absolute atomic E-state index is 12.5. The van der Waals surface area contributed by atoms with Gasteiger partial charge >= 0.3 is 0 Å².